The Morgan fingerprint density at radius 2 is 2.12 bits per heavy atom. The molecular formula is C15H20N6O2S. The number of carbonyl (C=O) groups is 2. The minimum absolute atomic E-state index is 0.108. The van der Waals surface area contributed by atoms with Crippen LogP contribution < -0.4 is 5.73 Å². The van der Waals surface area contributed by atoms with Crippen LogP contribution in [-0.4, -0.2) is 54.6 Å². The highest BCUT2D eigenvalue weighted by molar-refractivity contribution is 7.99. The van der Waals surface area contributed by atoms with Gasteiger partial charge in [-0.3, -0.25) is 9.59 Å². The molecule has 0 aliphatic carbocycles. The SMILES string of the molecule is Cc1cc(C)n2nc(SCC(=O)N3CCCC[C@@H]3C(N)=O)nc2n1. The molecule has 2 aromatic rings. The number of rotatable bonds is 4. The van der Waals surface area contributed by atoms with Crippen LogP contribution in [0.15, 0.2) is 11.2 Å². The maximum Gasteiger partial charge on any atom is 0.253 e. The number of hydrogen-bond acceptors (Lipinski definition) is 6. The van der Waals surface area contributed by atoms with Crippen LogP contribution in [-0.2, 0) is 9.59 Å². The monoisotopic (exact) mass is 348 g/mol. The number of hydrogen-bond donors (Lipinski definition) is 1. The number of thioether (sulfide) groups is 1. The van der Waals surface area contributed by atoms with E-state index >= 15 is 0 Å². The second-order valence-electron chi connectivity index (χ2n) is 5.93. The first kappa shape index (κ1) is 16.7. The normalized spacial score (nSPS) is 18.1. The number of likely N-dealkylation sites (tertiary alicyclic amines) is 1. The minimum atomic E-state index is -0.493. The molecule has 2 aromatic heterocycles. The highest BCUT2D eigenvalue weighted by Crippen LogP contribution is 2.20. The number of nitrogens with zero attached hydrogens (tertiary/aromatic N) is 5. The Hall–Kier alpha value is -2.16. The van der Waals surface area contributed by atoms with Crippen LogP contribution >= 0.6 is 11.8 Å². The Kier molecular flexibility index (Phi) is 4.70. The molecule has 1 atom stereocenters. The summed E-state index contributed by atoms with van der Waals surface area (Å²) < 4.78 is 1.66. The van der Waals surface area contributed by atoms with Crippen LogP contribution in [0.4, 0.5) is 0 Å². The van der Waals surface area contributed by atoms with E-state index in [2.05, 4.69) is 15.1 Å². The van der Waals surface area contributed by atoms with Crippen molar-refractivity contribution in [3.05, 3.63) is 17.5 Å². The molecule has 1 aliphatic heterocycles. The number of aromatic nitrogens is 4. The third-order valence-electron chi connectivity index (χ3n) is 4.08. The Balaban J connectivity index is 1.70. The van der Waals surface area contributed by atoms with E-state index in [1.54, 1.807) is 9.42 Å². The summed E-state index contributed by atoms with van der Waals surface area (Å²) in [5.74, 6) is 0.159. The molecule has 128 valence electrons. The zero-order valence-electron chi connectivity index (χ0n) is 13.7. The van der Waals surface area contributed by atoms with Crippen molar-refractivity contribution in [3.63, 3.8) is 0 Å². The Morgan fingerprint density at radius 1 is 1.33 bits per heavy atom. The molecular weight excluding hydrogens is 328 g/mol. The van der Waals surface area contributed by atoms with E-state index in [0.29, 0.717) is 23.9 Å². The third kappa shape index (κ3) is 3.35. The molecule has 9 heteroatoms. The van der Waals surface area contributed by atoms with Crippen molar-refractivity contribution in [2.24, 2.45) is 5.73 Å². The fourth-order valence-electron chi connectivity index (χ4n) is 2.94. The van der Waals surface area contributed by atoms with Gasteiger partial charge < -0.3 is 10.6 Å². The zero-order valence-corrected chi connectivity index (χ0v) is 14.5. The fourth-order valence-corrected chi connectivity index (χ4v) is 3.65. The lowest BCUT2D eigenvalue weighted by molar-refractivity contribution is -0.138. The molecule has 24 heavy (non-hydrogen) atoms. The number of carbonyl (C=O) groups excluding carboxylic acids is 2. The standard InChI is InChI=1S/C15H20N6O2S/c1-9-7-10(2)21-14(17-9)18-15(19-21)24-8-12(22)20-6-4-3-5-11(20)13(16)23/h7,11H,3-6,8H2,1-2H3,(H2,16,23)/t11-/m1/s1. The van der Waals surface area contributed by atoms with Gasteiger partial charge in [0.25, 0.3) is 5.78 Å². The van der Waals surface area contributed by atoms with Crippen molar-refractivity contribution in [2.45, 2.75) is 44.3 Å². The molecule has 1 fully saturated rings. The molecule has 8 nitrogen and oxygen atoms in total. The quantitative estimate of drug-likeness (QED) is 0.815. The molecule has 0 bridgehead atoms. The number of fused-ring (bicyclic) bond motifs is 1. The maximum atomic E-state index is 12.4. The van der Waals surface area contributed by atoms with Crippen molar-refractivity contribution < 1.29 is 9.59 Å². The first-order valence-corrected chi connectivity index (χ1v) is 8.87. The highest BCUT2D eigenvalue weighted by Gasteiger charge is 2.30. The predicted octanol–water partition coefficient (Wildman–Crippen LogP) is 0.700. The van der Waals surface area contributed by atoms with Crippen molar-refractivity contribution in [1.82, 2.24) is 24.5 Å². The van der Waals surface area contributed by atoms with E-state index in [9.17, 15) is 9.59 Å². The van der Waals surface area contributed by atoms with Gasteiger partial charge in [-0.25, -0.2) is 9.50 Å². The summed E-state index contributed by atoms with van der Waals surface area (Å²) in [5.41, 5.74) is 7.22. The van der Waals surface area contributed by atoms with Gasteiger partial charge in [0.05, 0.1) is 5.75 Å². The largest absolute Gasteiger partial charge is 0.368 e. The van der Waals surface area contributed by atoms with Gasteiger partial charge in [-0.15, -0.1) is 5.10 Å². The zero-order chi connectivity index (χ0) is 17.3. The van der Waals surface area contributed by atoms with Crippen molar-refractivity contribution >= 4 is 29.4 Å². The van der Waals surface area contributed by atoms with E-state index in [-0.39, 0.29) is 11.7 Å². The lowest BCUT2D eigenvalue weighted by Crippen LogP contribution is -2.51. The predicted molar refractivity (Wildman–Crippen MR) is 89.5 cm³/mol. The van der Waals surface area contributed by atoms with Gasteiger partial charge in [-0.1, -0.05) is 11.8 Å². The van der Waals surface area contributed by atoms with Crippen LogP contribution in [0.2, 0.25) is 0 Å². The summed E-state index contributed by atoms with van der Waals surface area (Å²) in [6.07, 6.45) is 2.46. The number of piperidine rings is 1. The highest BCUT2D eigenvalue weighted by atomic mass is 32.2. The second-order valence-corrected chi connectivity index (χ2v) is 6.88. The molecule has 0 spiro atoms. The van der Waals surface area contributed by atoms with Gasteiger partial charge >= 0.3 is 0 Å². The lowest BCUT2D eigenvalue weighted by atomic mass is 10.0. The molecule has 2 N–H and O–H groups in total. The van der Waals surface area contributed by atoms with Gasteiger partial charge in [0.1, 0.15) is 6.04 Å². The van der Waals surface area contributed by atoms with E-state index < -0.39 is 11.9 Å². The Bertz CT molecular complexity index is 790. The van der Waals surface area contributed by atoms with Crippen LogP contribution in [0.5, 0.6) is 0 Å². The number of amides is 2. The first-order valence-electron chi connectivity index (χ1n) is 7.88. The van der Waals surface area contributed by atoms with Crippen LogP contribution in [0.25, 0.3) is 5.78 Å². The summed E-state index contributed by atoms with van der Waals surface area (Å²) in [6.45, 7) is 4.41. The molecule has 0 unspecified atom stereocenters. The van der Waals surface area contributed by atoms with Crippen molar-refractivity contribution in [3.8, 4) is 0 Å². The second kappa shape index (κ2) is 6.76. The summed E-state index contributed by atoms with van der Waals surface area (Å²) in [6, 6.07) is 1.43. The van der Waals surface area contributed by atoms with Crippen LogP contribution in [0.1, 0.15) is 30.7 Å². The number of primary amides is 1. The molecule has 3 rings (SSSR count). The smallest absolute Gasteiger partial charge is 0.253 e. The van der Waals surface area contributed by atoms with Crippen LogP contribution in [0.3, 0.4) is 0 Å². The molecule has 2 amide bonds. The van der Waals surface area contributed by atoms with E-state index in [0.717, 1.165) is 24.2 Å². The van der Waals surface area contributed by atoms with Gasteiger partial charge in [-0.2, -0.15) is 4.98 Å². The Morgan fingerprint density at radius 3 is 2.88 bits per heavy atom. The summed E-state index contributed by atoms with van der Waals surface area (Å²) in [7, 11) is 0. The average molecular weight is 348 g/mol. The Labute approximate surface area is 143 Å². The van der Waals surface area contributed by atoms with Gasteiger partial charge in [-0.05, 0) is 39.2 Å². The summed E-state index contributed by atoms with van der Waals surface area (Å²) in [5, 5.41) is 4.87. The van der Waals surface area contributed by atoms with Gasteiger partial charge in [0.2, 0.25) is 17.0 Å². The average Bonchev–Trinajstić information content (AvgIpc) is 2.95. The van der Waals surface area contributed by atoms with E-state index in [4.69, 9.17) is 5.73 Å². The number of aryl methyl sites for hydroxylation is 2. The van der Waals surface area contributed by atoms with Crippen molar-refractivity contribution in [1.29, 1.82) is 0 Å². The maximum absolute atomic E-state index is 12.4. The van der Waals surface area contributed by atoms with Crippen LogP contribution in [0, 0.1) is 13.8 Å². The van der Waals surface area contributed by atoms with Crippen molar-refractivity contribution in [2.75, 3.05) is 12.3 Å². The number of nitrogens with two attached hydrogens (primary N) is 1. The van der Waals surface area contributed by atoms with Gasteiger partial charge in [0, 0.05) is 17.9 Å². The lowest BCUT2D eigenvalue weighted by Gasteiger charge is -2.33. The molecule has 1 saturated heterocycles. The minimum Gasteiger partial charge on any atom is -0.368 e. The molecule has 0 saturated carbocycles. The summed E-state index contributed by atoms with van der Waals surface area (Å²) >= 11 is 1.25. The molecule has 0 radical (unpaired) electrons. The molecule has 1 aliphatic rings. The molecule has 3 heterocycles. The topological polar surface area (TPSA) is 106 Å². The van der Waals surface area contributed by atoms with E-state index in [1.165, 1.54) is 11.8 Å². The van der Waals surface area contributed by atoms with Gasteiger partial charge in [0.15, 0.2) is 0 Å². The first-order chi connectivity index (χ1) is 11.5. The molecule has 0 aromatic carbocycles. The third-order valence-corrected chi connectivity index (χ3v) is 4.90. The summed E-state index contributed by atoms with van der Waals surface area (Å²) in [4.78, 5) is 34.2. The fraction of sp³-hybridized carbons (Fsp3) is 0.533. The van der Waals surface area contributed by atoms with E-state index in [1.807, 2.05) is 19.9 Å².